The van der Waals surface area contributed by atoms with Gasteiger partial charge in [0.1, 0.15) is 17.6 Å². The van der Waals surface area contributed by atoms with Gasteiger partial charge in [-0.2, -0.15) is 0 Å². The molecule has 6 nitrogen and oxygen atoms in total. The summed E-state index contributed by atoms with van der Waals surface area (Å²) in [4.78, 5) is 25.6. The highest BCUT2D eigenvalue weighted by Gasteiger charge is 2.22. The van der Waals surface area contributed by atoms with Crippen molar-refractivity contribution in [2.75, 3.05) is 11.9 Å². The number of hydrogen-bond donors (Lipinski definition) is 2. The second-order valence-electron chi connectivity index (χ2n) is 7.33. The second kappa shape index (κ2) is 9.22. The summed E-state index contributed by atoms with van der Waals surface area (Å²) in [6.07, 6.45) is 0.993. The van der Waals surface area contributed by atoms with Gasteiger partial charge in [0, 0.05) is 35.3 Å². The molecular weight excluding hydrogens is 412 g/mol. The summed E-state index contributed by atoms with van der Waals surface area (Å²) in [7, 11) is 0. The Morgan fingerprint density at radius 2 is 2.03 bits per heavy atom. The van der Waals surface area contributed by atoms with E-state index in [2.05, 4.69) is 10.6 Å². The van der Waals surface area contributed by atoms with Crippen LogP contribution in [0, 0.1) is 0 Å². The minimum Gasteiger partial charge on any atom is -0.494 e. The number of benzene rings is 2. The molecule has 0 bridgehead atoms. The van der Waals surface area contributed by atoms with Gasteiger partial charge in [0.2, 0.25) is 0 Å². The van der Waals surface area contributed by atoms with Crippen LogP contribution in [-0.4, -0.2) is 24.5 Å². The number of carbonyl (C=O) groups excluding carboxylic acids is 2. The van der Waals surface area contributed by atoms with Gasteiger partial charge in [0.15, 0.2) is 0 Å². The monoisotopic (exact) mass is 436 g/mol. The van der Waals surface area contributed by atoms with Gasteiger partial charge in [-0.15, -0.1) is 11.3 Å². The molecule has 0 fully saturated rings. The molecule has 0 unspecified atom stereocenters. The summed E-state index contributed by atoms with van der Waals surface area (Å²) < 4.78 is 11.6. The fourth-order valence-electron chi connectivity index (χ4n) is 3.53. The van der Waals surface area contributed by atoms with Crippen LogP contribution in [-0.2, 0) is 13.0 Å². The van der Waals surface area contributed by atoms with E-state index < -0.39 is 0 Å². The third kappa shape index (κ3) is 4.88. The van der Waals surface area contributed by atoms with Crippen LogP contribution in [0.2, 0.25) is 0 Å². The first kappa shape index (κ1) is 20.9. The van der Waals surface area contributed by atoms with Crippen molar-refractivity contribution in [3.63, 3.8) is 0 Å². The molecule has 2 heterocycles. The van der Waals surface area contributed by atoms with Crippen molar-refractivity contribution in [3.8, 4) is 11.5 Å². The number of ether oxygens (including phenoxy) is 2. The summed E-state index contributed by atoms with van der Waals surface area (Å²) in [6, 6.07) is 14.4. The zero-order chi connectivity index (χ0) is 21.8. The minimum atomic E-state index is -0.232. The number of nitrogens with one attached hydrogen (secondary N) is 2. The van der Waals surface area contributed by atoms with E-state index in [9.17, 15) is 9.59 Å². The topological polar surface area (TPSA) is 76.7 Å². The van der Waals surface area contributed by atoms with Gasteiger partial charge >= 0.3 is 0 Å². The van der Waals surface area contributed by atoms with Crippen molar-refractivity contribution >= 4 is 28.8 Å². The molecule has 0 saturated carbocycles. The van der Waals surface area contributed by atoms with Gasteiger partial charge in [-0.3, -0.25) is 9.59 Å². The Morgan fingerprint density at radius 3 is 2.81 bits per heavy atom. The van der Waals surface area contributed by atoms with Gasteiger partial charge in [-0.1, -0.05) is 12.1 Å². The number of amides is 2. The molecular formula is C24H24N2O4S. The van der Waals surface area contributed by atoms with Crippen LogP contribution in [0.25, 0.3) is 0 Å². The average Bonchev–Trinajstić information content (AvgIpc) is 3.41. The molecule has 1 aromatic heterocycles. The van der Waals surface area contributed by atoms with Crippen LogP contribution in [0.15, 0.2) is 53.9 Å². The molecule has 2 aromatic carbocycles. The van der Waals surface area contributed by atoms with E-state index in [1.807, 2.05) is 37.4 Å². The highest BCUT2D eigenvalue weighted by atomic mass is 32.1. The van der Waals surface area contributed by atoms with Gasteiger partial charge in [-0.25, -0.2) is 0 Å². The summed E-state index contributed by atoms with van der Waals surface area (Å²) >= 11 is 1.37. The Kier molecular flexibility index (Phi) is 6.23. The lowest BCUT2D eigenvalue weighted by atomic mass is 10.1. The van der Waals surface area contributed by atoms with E-state index in [-0.39, 0.29) is 17.9 Å². The number of hydrogen-bond acceptors (Lipinski definition) is 5. The molecule has 0 aliphatic carbocycles. The van der Waals surface area contributed by atoms with Crippen molar-refractivity contribution in [2.45, 2.75) is 32.9 Å². The molecule has 1 aliphatic heterocycles. The van der Waals surface area contributed by atoms with Gasteiger partial charge < -0.3 is 20.1 Å². The first-order chi connectivity index (χ1) is 15.0. The highest BCUT2D eigenvalue weighted by molar-refractivity contribution is 7.12. The van der Waals surface area contributed by atoms with Crippen LogP contribution in [0.4, 0.5) is 5.69 Å². The molecule has 2 amide bonds. The van der Waals surface area contributed by atoms with Gasteiger partial charge in [0.25, 0.3) is 11.8 Å². The number of fused-ring (bicyclic) bond motifs is 1. The number of carbonyl (C=O) groups is 2. The molecule has 2 N–H and O–H groups in total. The van der Waals surface area contributed by atoms with Crippen molar-refractivity contribution in [2.24, 2.45) is 0 Å². The van der Waals surface area contributed by atoms with Gasteiger partial charge in [-0.05, 0) is 55.6 Å². The van der Waals surface area contributed by atoms with Crippen LogP contribution < -0.4 is 20.1 Å². The number of rotatable bonds is 7. The maximum Gasteiger partial charge on any atom is 0.265 e. The van der Waals surface area contributed by atoms with Crippen LogP contribution in [0.3, 0.4) is 0 Å². The van der Waals surface area contributed by atoms with Crippen molar-refractivity contribution < 1.29 is 19.1 Å². The maximum absolute atomic E-state index is 12.7. The van der Waals surface area contributed by atoms with Crippen LogP contribution >= 0.6 is 11.3 Å². The maximum atomic E-state index is 12.7. The molecule has 0 saturated heterocycles. The minimum absolute atomic E-state index is 0.140. The normalized spacial score (nSPS) is 14.5. The largest absolute Gasteiger partial charge is 0.494 e. The van der Waals surface area contributed by atoms with Gasteiger partial charge in [0.05, 0.1) is 11.5 Å². The van der Waals surface area contributed by atoms with E-state index >= 15 is 0 Å². The van der Waals surface area contributed by atoms with E-state index in [1.54, 1.807) is 30.3 Å². The smallest absolute Gasteiger partial charge is 0.265 e. The predicted octanol–water partition coefficient (Wildman–Crippen LogP) is 4.65. The SMILES string of the molecule is CCOc1cc2c(cc1CNC(=O)c1cccc(NC(=O)c3cccs3)c1)O[C@H](C)C2. The molecule has 0 spiro atoms. The Bertz CT molecular complexity index is 1090. The van der Waals surface area contributed by atoms with E-state index in [0.717, 1.165) is 29.0 Å². The summed E-state index contributed by atoms with van der Waals surface area (Å²) in [6.45, 7) is 4.82. The highest BCUT2D eigenvalue weighted by Crippen LogP contribution is 2.35. The number of anilines is 1. The van der Waals surface area contributed by atoms with Crippen LogP contribution in [0.1, 0.15) is 45.0 Å². The third-order valence-corrected chi connectivity index (χ3v) is 5.81. The van der Waals surface area contributed by atoms with Crippen molar-refractivity contribution in [3.05, 3.63) is 75.5 Å². The third-order valence-electron chi connectivity index (χ3n) is 4.95. The molecule has 1 atom stereocenters. The predicted molar refractivity (Wildman–Crippen MR) is 121 cm³/mol. The van der Waals surface area contributed by atoms with Crippen molar-refractivity contribution in [1.29, 1.82) is 0 Å². The van der Waals surface area contributed by atoms with Crippen LogP contribution in [0.5, 0.6) is 11.5 Å². The first-order valence-corrected chi connectivity index (χ1v) is 11.1. The Labute approximate surface area is 185 Å². The van der Waals surface area contributed by atoms with E-state index in [4.69, 9.17) is 9.47 Å². The van der Waals surface area contributed by atoms with E-state index in [0.29, 0.717) is 29.3 Å². The lowest BCUT2D eigenvalue weighted by molar-refractivity contribution is 0.0949. The molecule has 3 aromatic rings. The molecule has 4 rings (SSSR count). The lowest BCUT2D eigenvalue weighted by Gasteiger charge is -2.14. The zero-order valence-corrected chi connectivity index (χ0v) is 18.3. The summed E-state index contributed by atoms with van der Waals surface area (Å²) in [5.41, 5.74) is 3.03. The summed E-state index contributed by atoms with van der Waals surface area (Å²) in [5, 5.41) is 7.61. The fourth-order valence-corrected chi connectivity index (χ4v) is 4.14. The molecule has 1 aliphatic rings. The Hall–Kier alpha value is -3.32. The molecule has 31 heavy (non-hydrogen) atoms. The Morgan fingerprint density at radius 1 is 1.16 bits per heavy atom. The molecule has 160 valence electrons. The zero-order valence-electron chi connectivity index (χ0n) is 17.4. The first-order valence-electron chi connectivity index (χ1n) is 10.2. The molecule has 0 radical (unpaired) electrons. The summed E-state index contributed by atoms with van der Waals surface area (Å²) in [5.74, 6) is 1.18. The van der Waals surface area contributed by atoms with E-state index in [1.165, 1.54) is 11.3 Å². The fraction of sp³-hybridized carbons (Fsp3) is 0.250. The Balaban J connectivity index is 1.44. The molecule has 7 heteroatoms. The average molecular weight is 437 g/mol. The standard InChI is InChI=1S/C24H24N2O4S/c1-3-29-20-12-17-10-15(2)30-21(17)13-18(20)14-25-23(27)16-6-4-7-19(11-16)26-24(28)22-8-5-9-31-22/h4-9,11-13,15H,3,10,14H2,1-2H3,(H,25,27)(H,26,28)/t15-/m1/s1. The second-order valence-corrected chi connectivity index (χ2v) is 8.28. The lowest BCUT2D eigenvalue weighted by Crippen LogP contribution is -2.23. The van der Waals surface area contributed by atoms with Crippen molar-refractivity contribution in [1.82, 2.24) is 5.32 Å². The number of thiophene rings is 1. The quantitative estimate of drug-likeness (QED) is 0.565.